The lowest BCUT2D eigenvalue weighted by Gasteiger charge is -2.31. The Hall–Kier alpha value is -3.27. The number of anilines is 3. The Balaban J connectivity index is 1.79. The Bertz CT molecular complexity index is 1130. The van der Waals surface area contributed by atoms with Crippen LogP contribution in [0.5, 0.6) is 5.75 Å². The van der Waals surface area contributed by atoms with E-state index in [9.17, 15) is 9.90 Å². The molecule has 1 amide bonds. The largest absolute Gasteiger partial charge is 0.507 e. The summed E-state index contributed by atoms with van der Waals surface area (Å²) < 4.78 is 0. The first-order chi connectivity index (χ1) is 18.8. The second-order valence-corrected chi connectivity index (χ2v) is 11.2. The summed E-state index contributed by atoms with van der Waals surface area (Å²) in [6, 6.07) is 22.7. The maximum atomic E-state index is 13.8. The average Bonchev–Trinajstić information content (AvgIpc) is 2.92. The molecule has 0 heterocycles. The van der Waals surface area contributed by atoms with Crippen molar-refractivity contribution in [3.05, 3.63) is 83.4 Å². The lowest BCUT2D eigenvalue weighted by atomic mass is 9.95. The van der Waals surface area contributed by atoms with Gasteiger partial charge in [-0.05, 0) is 104 Å². The first-order valence-electron chi connectivity index (χ1n) is 14.9. The molecule has 210 valence electrons. The number of hydrogen-bond acceptors (Lipinski definition) is 3. The van der Waals surface area contributed by atoms with Gasteiger partial charge in [-0.25, -0.2) is 0 Å². The molecule has 3 rings (SSSR count). The van der Waals surface area contributed by atoms with E-state index >= 15 is 0 Å². The van der Waals surface area contributed by atoms with Gasteiger partial charge in [-0.1, -0.05) is 70.9 Å². The van der Waals surface area contributed by atoms with Gasteiger partial charge in [0.1, 0.15) is 5.75 Å². The van der Waals surface area contributed by atoms with E-state index in [0.717, 1.165) is 78.7 Å². The highest BCUT2D eigenvalue weighted by molar-refractivity contribution is 5.94. The van der Waals surface area contributed by atoms with Gasteiger partial charge in [-0.2, -0.15) is 0 Å². The lowest BCUT2D eigenvalue weighted by molar-refractivity contribution is -0.119. The SMILES string of the molecule is CCCCc1cc(CCC(=O)N(c2ccc(Nc3ccccc3)cc2)C(C)CC(C)C)cc(CCCC)c1O. The number of hydrogen-bond donors (Lipinski definition) is 2. The van der Waals surface area contributed by atoms with Crippen molar-refractivity contribution in [2.24, 2.45) is 5.92 Å². The maximum absolute atomic E-state index is 13.8. The summed E-state index contributed by atoms with van der Waals surface area (Å²) in [5, 5.41) is 14.3. The molecular weight excluding hydrogens is 480 g/mol. The number of carbonyl (C=O) groups is 1. The summed E-state index contributed by atoms with van der Waals surface area (Å²) in [4.78, 5) is 15.7. The zero-order valence-electron chi connectivity index (χ0n) is 24.7. The first kappa shape index (κ1) is 30.3. The number of aryl methyl sites for hydroxylation is 3. The highest BCUT2D eigenvalue weighted by atomic mass is 16.3. The van der Waals surface area contributed by atoms with Crippen LogP contribution in [0.4, 0.5) is 17.1 Å². The number of benzene rings is 3. The van der Waals surface area contributed by atoms with Gasteiger partial charge in [0.05, 0.1) is 0 Å². The molecule has 3 aromatic carbocycles. The fourth-order valence-corrected chi connectivity index (χ4v) is 5.29. The van der Waals surface area contributed by atoms with Crippen LogP contribution in [0.1, 0.15) is 89.8 Å². The third-order valence-electron chi connectivity index (χ3n) is 7.28. The van der Waals surface area contributed by atoms with Gasteiger partial charge in [-0.15, -0.1) is 0 Å². The Morgan fingerprint density at radius 2 is 1.38 bits per heavy atom. The van der Waals surface area contributed by atoms with Gasteiger partial charge in [0, 0.05) is 29.5 Å². The molecule has 0 radical (unpaired) electrons. The minimum atomic E-state index is 0.102. The molecule has 0 bridgehead atoms. The lowest BCUT2D eigenvalue weighted by Crippen LogP contribution is -2.39. The van der Waals surface area contributed by atoms with E-state index in [1.54, 1.807) is 0 Å². The van der Waals surface area contributed by atoms with Crippen LogP contribution < -0.4 is 10.2 Å². The fourth-order valence-electron chi connectivity index (χ4n) is 5.29. The van der Waals surface area contributed by atoms with Crippen LogP contribution in [-0.2, 0) is 24.1 Å². The van der Waals surface area contributed by atoms with Gasteiger partial charge in [0.2, 0.25) is 5.91 Å². The van der Waals surface area contributed by atoms with Gasteiger partial charge >= 0.3 is 0 Å². The van der Waals surface area contributed by atoms with Crippen LogP contribution in [0.2, 0.25) is 0 Å². The van der Waals surface area contributed by atoms with E-state index in [4.69, 9.17) is 0 Å². The van der Waals surface area contributed by atoms with Crippen LogP contribution in [0.25, 0.3) is 0 Å². The molecule has 1 atom stereocenters. The van der Waals surface area contributed by atoms with E-state index < -0.39 is 0 Å². The van der Waals surface area contributed by atoms with E-state index in [0.29, 0.717) is 24.5 Å². The molecule has 0 saturated carbocycles. The number of amides is 1. The molecule has 1 unspecified atom stereocenters. The van der Waals surface area contributed by atoms with Gasteiger partial charge in [0.25, 0.3) is 0 Å². The standard InChI is InChI=1S/C35H48N2O2/c1-6-8-13-29-24-28(25-30(35(29)39)14-9-7-2)17-22-34(38)37(27(5)23-26(3)4)33-20-18-32(19-21-33)36-31-15-11-10-12-16-31/h10-12,15-16,18-21,24-27,36,39H,6-9,13-14,17,22-23H2,1-5H3. The molecule has 0 aliphatic carbocycles. The average molecular weight is 529 g/mol. The van der Waals surface area contributed by atoms with Crippen molar-refractivity contribution >= 4 is 23.0 Å². The molecule has 0 aliphatic rings. The minimum Gasteiger partial charge on any atom is -0.507 e. The number of para-hydroxylation sites is 1. The quantitative estimate of drug-likeness (QED) is 0.207. The first-order valence-corrected chi connectivity index (χ1v) is 14.9. The van der Waals surface area contributed by atoms with Crippen LogP contribution in [0.15, 0.2) is 66.7 Å². The number of unbranched alkanes of at least 4 members (excludes halogenated alkanes) is 2. The molecular formula is C35H48N2O2. The van der Waals surface area contributed by atoms with Crippen molar-refractivity contribution in [2.45, 2.75) is 98.4 Å². The number of rotatable bonds is 15. The van der Waals surface area contributed by atoms with Gasteiger partial charge < -0.3 is 15.3 Å². The molecule has 0 saturated heterocycles. The van der Waals surface area contributed by atoms with Crippen LogP contribution in [0, 0.1) is 5.92 Å². The Morgan fingerprint density at radius 1 is 0.821 bits per heavy atom. The zero-order valence-corrected chi connectivity index (χ0v) is 24.7. The van der Waals surface area contributed by atoms with Crippen molar-refractivity contribution in [1.29, 1.82) is 0 Å². The third-order valence-corrected chi connectivity index (χ3v) is 7.28. The number of phenolic OH excluding ortho intramolecular Hbond substituents is 1. The summed E-state index contributed by atoms with van der Waals surface area (Å²) in [6.45, 7) is 10.9. The van der Waals surface area contributed by atoms with Crippen molar-refractivity contribution in [3.8, 4) is 5.75 Å². The predicted octanol–water partition coefficient (Wildman–Crippen LogP) is 9.22. The van der Waals surface area contributed by atoms with E-state index in [-0.39, 0.29) is 11.9 Å². The van der Waals surface area contributed by atoms with Crippen molar-refractivity contribution in [3.63, 3.8) is 0 Å². The number of phenols is 1. The molecule has 3 aromatic rings. The van der Waals surface area contributed by atoms with Crippen LogP contribution >= 0.6 is 0 Å². The van der Waals surface area contributed by atoms with Crippen molar-refractivity contribution in [1.82, 2.24) is 0 Å². The number of nitrogens with zero attached hydrogens (tertiary/aromatic N) is 1. The molecule has 0 fully saturated rings. The number of carbonyl (C=O) groups excluding carboxylic acids is 1. The van der Waals surface area contributed by atoms with Gasteiger partial charge in [-0.3, -0.25) is 4.79 Å². The molecule has 0 aliphatic heterocycles. The topological polar surface area (TPSA) is 52.6 Å². The van der Waals surface area contributed by atoms with E-state index in [2.05, 4.69) is 52.1 Å². The molecule has 0 aromatic heterocycles. The fraction of sp³-hybridized carbons (Fsp3) is 0.457. The second kappa shape index (κ2) is 15.4. The number of nitrogens with one attached hydrogen (secondary N) is 1. The molecule has 39 heavy (non-hydrogen) atoms. The Morgan fingerprint density at radius 3 is 1.92 bits per heavy atom. The Kier molecular flexibility index (Phi) is 11.9. The highest BCUT2D eigenvalue weighted by Gasteiger charge is 2.23. The van der Waals surface area contributed by atoms with Crippen LogP contribution in [0.3, 0.4) is 0 Å². The number of aromatic hydroxyl groups is 1. The predicted molar refractivity (Wildman–Crippen MR) is 166 cm³/mol. The zero-order chi connectivity index (χ0) is 28.2. The minimum absolute atomic E-state index is 0.102. The summed E-state index contributed by atoms with van der Waals surface area (Å²) in [5.41, 5.74) is 6.18. The van der Waals surface area contributed by atoms with E-state index in [1.165, 1.54) is 0 Å². The van der Waals surface area contributed by atoms with Crippen molar-refractivity contribution in [2.75, 3.05) is 10.2 Å². The normalized spacial score (nSPS) is 11.9. The van der Waals surface area contributed by atoms with Gasteiger partial charge in [0.15, 0.2) is 0 Å². The van der Waals surface area contributed by atoms with E-state index in [1.807, 2.05) is 59.5 Å². The van der Waals surface area contributed by atoms with Crippen LogP contribution in [-0.4, -0.2) is 17.1 Å². The molecule has 2 N–H and O–H groups in total. The Labute approximate surface area is 236 Å². The van der Waals surface area contributed by atoms with Crippen molar-refractivity contribution < 1.29 is 9.90 Å². The molecule has 4 nitrogen and oxygen atoms in total. The summed E-state index contributed by atoms with van der Waals surface area (Å²) in [7, 11) is 0. The summed E-state index contributed by atoms with van der Waals surface area (Å²) >= 11 is 0. The molecule has 4 heteroatoms. The summed E-state index contributed by atoms with van der Waals surface area (Å²) in [6.07, 6.45) is 8.11. The maximum Gasteiger partial charge on any atom is 0.227 e. The highest BCUT2D eigenvalue weighted by Crippen LogP contribution is 2.30. The molecule has 0 spiro atoms. The summed E-state index contributed by atoms with van der Waals surface area (Å²) in [5.74, 6) is 1.10. The third kappa shape index (κ3) is 9.16. The second-order valence-electron chi connectivity index (χ2n) is 11.2. The monoisotopic (exact) mass is 528 g/mol. The smallest absolute Gasteiger partial charge is 0.227 e.